The number of carbonyl (C=O) groups is 1. The van der Waals surface area contributed by atoms with Crippen LogP contribution in [-0.4, -0.2) is 17.6 Å². The molecular formula is C29H24NNaO4. The van der Waals surface area contributed by atoms with Crippen LogP contribution in [0.1, 0.15) is 24.3 Å². The van der Waals surface area contributed by atoms with Crippen LogP contribution < -0.4 is 39.4 Å². The van der Waals surface area contributed by atoms with Crippen LogP contribution in [0.5, 0.6) is 5.75 Å². The van der Waals surface area contributed by atoms with E-state index in [1.807, 2.05) is 78.9 Å². The maximum Gasteiger partial charge on any atom is 1.00 e. The van der Waals surface area contributed by atoms with E-state index in [9.17, 15) is 9.90 Å². The van der Waals surface area contributed by atoms with E-state index in [1.165, 1.54) is 0 Å². The van der Waals surface area contributed by atoms with Crippen LogP contribution in [0, 0.1) is 5.92 Å². The van der Waals surface area contributed by atoms with Gasteiger partial charge in [0.15, 0.2) is 5.76 Å². The molecule has 1 aliphatic rings. The first-order chi connectivity index (χ1) is 16.7. The van der Waals surface area contributed by atoms with Gasteiger partial charge < -0.3 is 19.1 Å². The van der Waals surface area contributed by atoms with Crippen molar-refractivity contribution in [3.8, 4) is 28.3 Å². The van der Waals surface area contributed by atoms with Crippen molar-refractivity contribution >= 4 is 11.5 Å². The Morgan fingerprint density at radius 2 is 1.69 bits per heavy atom. The number of aromatic nitrogens is 1. The van der Waals surface area contributed by atoms with Crippen molar-refractivity contribution in [3.63, 3.8) is 0 Å². The van der Waals surface area contributed by atoms with Gasteiger partial charge in [-0.1, -0.05) is 78.9 Å². The molecule has 5 rings (SSSR count). The average Bonchev–Trinajstić information content (AvgIpc) is 3.51. The fraction of sp³-hybridized carbons (Fsp3) is 0.172. The van der Waals surface area contributed by atoms with Crippen molar-refractivity contribution in [1.82, 2.24) is 4.98 Å². The van der Waals surface area contributed by atoms with Gasteiger partial charge in [0.1, 0.15) is 18.1 Å². The largest absolute Gasteiger partial charge is 1.00 e. The molecular weight excluding hydrogens is 449 g/mol. The maximum atomic E-state index is 10.7. The van der Waals surface area contributed by atoms with Crippen molar-refractivity contribution in [1.29, 1.82) is 0 Å². The minimum atomic E-state index is -1.24. The quantitative estimate of drug-likeness (QED) is 0.367. The number of hydrogen-bond donors (Lipinski definition) is 0. The number of ether oxygens (including phenoxy) is 1. The zero-order chi connectivity index (χ0) is 23.3. The Morgan fingerprint density at radius 1 is 0.971 bits per heavy atom. The minimum Gasteiger partial charge on any atom is -0.546 e. The number of aliphatic carboxylic acids is 1. The molecule has 1 aliphatic carbocycles. The Balaban J connectivity index is 0.00000289. The van der Waals surface area contributed by atoms with Crippen LogP contribution in [0.4, 0.5) is 0 Å². The number of carboxylic acids is 1. The van der Waals surface area contributed by atoms with Gasteiger partial charge in [-0.3, -0.25) is 0 Å². The normalized spacial score (nSPS) is 14.7. The number of allylic oxidation sites excluding steroid dienone is 2. The summed E-state index contributed by atoms with van der Waals surface area (Å²) in [6.07, 6.45) is 4.97. The summed E-state index contributed by atoms with van der Waals surface area (Å²) < 4.78 is 11.7. The van der Waals surface area contributed by atoms with Gasteiger partial charge in [-0.15, -0.1) is 0 Å². The third-order valence-corrected chi connectivity index (χ3v) is 6.01. The molecule has 35 heavy (non-hydrogen) atoms. The van der Waals surface area contributed by atoms with Gasteiger partial charge in [-0.2, -0.15) is 0 Å². The molecule has 0 radical (unpaired) electrons. The maximum absolute atomic E-state index is 10.7. The van der Waals surface area contributed by atoms with E-state index in [0.717, 1.165) is 53.0 Å². The molecule has 6 heteroatoms. The molecule has 1 heterocycles. The van der Waals surface area contributed by atoms with Crippen LogP contribution in [0.3, 0.4) is 0 Å². The number of benzene rings is 3. The fourth-order valence-electron chi connectivity index (χ4n) is 4.45. The summed E-state index contributed by atoms with van der Waals surface area (Å²) >= 11 is 0. The van der Waals surface area contributed by atoms with Crippen LogP contribution in [0.2, 0.25) is 0 Å². The fourth-order valence-corrected chi connectivity index (χ4v) is 4.45. The summed E-state index contributed by atoms with van der Waals surface area (Å²) in [6.45, 7) is -0.459. The number of carbonyl (C=O) groups excluding carboxylic acids is 1. The summed E-state index contributed by atoms with van der Waals surface area (Å²) in [4.78, 5) is 15.7. The Bertz CT molecular complexity index is 1260. The van der Waals surface area contributed by atoms with Gasteiger partial charge >= 0.3 is 29.6 Å². The van der Waals surface area contributed by atoms with Crippen LogP contribution in [0.25, 0.3) is 28.2 Å². The van der Waals surface area contributed by atoms with E-state index in [4.69, 9.17) is 14.1 Å². The zero-order valence-electron chi connectivity index (χ0n) is 19.6. The molecule has 4 aromatic rings. The van der Waals surface area contributed by atoms with Gasteiger partial charge in [0.2, 0.25) is 5.89 Å². The van der Waals surface area contributed by atoms with Crippen LogP contribution in [0.15, 0.2) is 95.4 Å². The van der Waals surface area contributed by atoms with Crippen molar-refractivity contribution in [3.05, 3.63) is 102 Å². The number of nitrogens with zero attached hydrogens (tertiary/aromatic N) is 1. The first-order valence-corrected chi connectivity index (χ1v) is 11.4. The average molecular weight is 474 g/mol. The second-order valence-electron chi connectivity index (χ2n) is 8.37. The first kappa shape index (κ1) is 25.0. The number of hydrogen-bond acceptors (Lipinski definition) is 5. The second-order valence-corrected chi connectivity index (χ2v) is 8.37. The molecule has 0 fully saturated rings. The molecule has 0 saturated carbocycles. The summed E-state index contributed by atoms with van der Waals surface area (Å²) in [6, 6.07) is 27.7. The molecule has 1 atom stereocenters. The van der Waals surface area contributed by atoms with Gasteiger partial charge in [0.05, 0.1) is 5.97 Å². The van der Waals surface area contributed by atoms with Crippen molar-refractivity contribution in [2.45, 2.75) is 19.3 Å². The molecule has 170 valence electrons. The van der Waals surface area contributed by atoms with E-state index in [1.54, 1.807) is 6.07 Å². The van der Waals surface area contributed by atoms with E-state index < -0.39 is 12.6 Å². The second kappa shape index (κ2) is 11.5. The number of carboxylic acid groups (broad SMARTS) is 1. The molecule has 0 bridgehead atoms. The first-order valence-electron chi connectivity index (χ1n) is 11.4. The Labute approximate surface area is 226 Å². The zero-order valence-corrected chi connectivity index (χ0v) is 21.6. The van der Waals surface area contributed by atoms with Crippen molar-refractivity contribution in [2.24, 2.45) is 5.92 Å². The van der Waals surface area contributed by atoms with Gasteiger partial charge in [-0.25, -0.2) is 4.98 Å². The predicted molar refractivity (Wildman–Crippen MR) is 129 cm³/mol. The SMILES string of the molecule is O=C([O-])COc1cccc(CC2CCC=C2c2nc(-c3ccccc3)c(-c3ccccc3)o2)c1.[Na+]. The van der Waals surface area contributed by atoms with E-state index in [2.05, 4.69) is 6.08 Å². The van der Waals surface area contributed by atoms with Gasteiger partial charge in [0, 0.05) is 16.7 Å². The summed E-state index contributed by atoms with van der Waals surface area (Å²) in [7, 11) is 0. The Kier molecular flexibility index (Phi) is 8.24. The molecule has 0 saturated heterocycles. The number of rotatable bonds is 8. The van der Waals surface area contributed by atoms with Gasteiger partial charge in [0.25, 0.3) is 0 Å². The summed E-state index contributed by atoms with van der Waals surface area (Å²) in [5, 5.41) is 10.7. The molecule has 0 amide bonds. The predicted octanol–water partition coefficient (Wildman–Crippen LogP) is 2.18. The Hall–Kier alpha value is -3.12. The molecule has 5 nitrogen and oxygen atoms in total. The topological polar surface area (TPSA) is 75.4 Å². The van der Waals surface area contributed by atoms with E-state index in [-0.39, 0.29) is 35.5 Å². The molecule has 1 unspecified atom stereocenters. The third kappa shape index (κ3) is 5.93. The smallest absolute Gasteiger partial charge is 0.546 e. The summed E-state index contributed by atoms with van der Waals surface area (Å²) in [5.74, 6) is 0.968. The summed E-state index contributed by atoms with van der Waals surface area (Å²) in [5.41, 5.74) is 5.04. The molecule has 0 aliphatic heterocycles. The number of oxazole rings is 1. The van der Waals surface area contributed by atoms with E-state index in [0.29, 0.717) is 11.6 Å². The molecule has 0 N–H and O–H groups in total. The van der Waals surface area contributed by atoms with Crippen LogP contribution >= 0.6 is 0 Å². The van der Waals surface area contributed by atoms with E-state index >= 15 is 0 Å². The van der Waals surface area contributed by atoms with Crippen molar-refractivity contribution < 1.29 is 48.6 Å². The third-order valence-electron chi connectivity index (χ3n) is 6.01. The van der Waals surface area contributed by atoms with Crippen LogP contribution in [-0.2, 0) is 11.2 Å². The minimum absolute atomic E-state index is 0. The van der Waals surface area contributed by atoms with Crippen molar-refractivity contribution in [2.75, 3.05) is 6.61 Å². The van der Waals surface area contributed by atoms with Gasteiger partial charge in [-0.05, 0) is 42.9 Å². The molecule has 3 aromatic carbocycles. The molecule has 0 spiro atoms. The Morgan fingerprint density at radius 3 is 2.40 bits per heavy atom. The molecule has 1 aromatic heterocycles. The standard InChI is InChI=1S/C29H25NO4.Na/c31-26(32)19-33-24-15-7-9-20(18-24)17-23-14-8-16-25(23)29-30-27(21-10-3-1-4-11-21)28(34-29)22-12-5-2-6-13-22;/h1-7,9-13,15-16,18,23H,8,14,17,19H2,(H,31,32);/q;+1/p-1. The monoisotopic (exact) mass is 473 g/mol.